The molecule has 34 heavy (non-hydrogen) atoms. The van der Waals surface area contributed by atoms with Crippen molar-refractivity contribution in [3.8, 4) is 0 Å². The van der Waals surface area contributed by atoms with Crippen LogP contribution >= 0.6 is 0 Å². The minimum atomic E-state index is -0.319. The van der Waals surface area contributed by atoms with E-state index in [0.29, 0.717) is 29.1 Å². The van der Waals surface area contributed by atoms with Crippen molar-refractivity contribution in [2.24, 2.45) is 0 Å². The molecule has 0 aliphatic heterocycles. The maximum Gasteiger partial charge on any atom is 0.256 e. The molecule has 0 radical (unpaired) electrons. The predicted molar refractivity (Wildman–Crippen MR) is 134 cm³/mol. The number of carbonyl (C=O) groups is 2. The van der Waals surface area contributed by atoms with Gasteiger partial charge in [-0.25, -0.2) is 4.98 Å². The van der Waals surface area contributed by atoms with E-state index >= 15 is 0 Å². The van der Waals surface area contributed by atoms with E-state index < -0.39 is 0 Å². The van der Waals surface area contributed by atoms with E-state index in [4.69, 9.17) is 4.98 Å². The van der Waals surface area contributed by atoms with Crippen LogP contribution in [0.5, 0.6) is 0 Å². The highest BCUT2D eigenvalue weighted by atomic mass is 16.2. The van der Waals surface area contributed by atoms with Gasteiger partial charge in [-0.15, -0.1) is 0 Å². The Labute approximate surface area is 199 Å². The Balaban J connectivity index is 1.63. The van der Waals surface area contributed by atoms with Gasteiger partial charge in [0.15, 0.2) is 0 Å². The largest absolute Gasteiger partial charge is 0.346 e. The van der Waals surface area contributed by atoms with Crippen LogP contribution < -0.4 is 10.6 Å². The smallest absolute Gasteiger partial charge is 0.256 e. The maximum absolute atomic E-state index is 13.1. The fourth-order valence-corrected chi connectivity index (χ4v) is 3.72. The van der Waals surface area contributed by atoms with Gasteiger partial charge in [0, 0.05) is 28.9 Å². The van der Waals surface area contributed by atoms with Gasteiger partial charge in [0.2, 0.25) is 0 Å². The summed E-state index contributed by atoms with van der Waals surface area (Å²) in [6.45, 7) is 10.4. The molecule has 0 atom stereocenters. The number of anilines is 1. The summed E-state index contributed by atoms with van der Waals surface area (Å²) in [7, 11) is 0. The van der Waals surface area contributed by atoms with Crippen molar-refractivity contribution < 1.29 is 9.59 Å². The van der Waals surface area contributed by atoms with Crippen LogP contribution in [0.15, 0.2) is 60.9 Å². The average molecular weight is 456 g/mol. The lowest BCUT2D eigenvalue weighted by Crippen LogP contribution is -2.24. The Kier molecular flexibility index (Phi) is 6.20. The van der Waals surface area contributed by atoms with Crippen molar-refractivity contribution >= 4 is 28.7 Å². The zero-order valence-electron chi connectivity index (χ0n) is 20.1. The normalized spacial score (nSPS) is 11.4. The highest BCUT2D eigenvalue weighted by Gasteiger charge is 2.23. The molecule has 0 aliphatic carbocycles. The van der Waals surface area contributed by atoms with Crippen LogP contribution in [-0.2, 0) is 12.1 Å². The summed E-state index contributed by atoms with van der Waals surface area (Å²) in [5, 5.41) is 6.56. The number of carbonyl (C=O) groups excluding carboxylic acids is 2. The molecule has 4 aromatic rings. The second kappa shape index (κ2) is 9.09. The number of pyridine rings is 2. The van der Waals surface area contributed by atoms with E-state index in [1.807, 2.05) is 75.7 Å². The van der Waals surface area contributed by atoms with Crippen LogP contribution in [0.3, 0.4) is 0 Å². The van der Waals surface area contributed by atoms with Crippen molar-refractivity contribution in [3.63, 3.8) is 0 Å². The SMILES string of the molecule is Cc1ccc(C(=O)Nc2ccc3c(C(=O)NCc4ncccc4C)cn(C(C)(C)C)c3n2)cc1. The fourth-order valence-electron chi connectivity index (χ4n) is 3.72. The highest BCUT2D eigenvalue weighted by molar-refractivity contribution is 6.07. The molecular weight excluding hydrogens is 426 g/mol. The van der Waals surface area contributed by atoms with E-state index in [9.17, 15) is 9.59 Å². The third kappa shape index (κ3) is 4.83. The molecule has 0 spiro atoms. The molecule has 1 aromatic carbocycles. The summed E-state index contributed by atoms with van der Waals surface area (Å²) in [4.78, 5) is 34.8. The van der Waals surface area contributed by atoms with Gasteiger partial charge in [0.1, 0.15) is 11.5 Å². The second-order valence-corrected chi connectivity index (χ2v) is 9.42. The lowest BCUT2D eigenvalue weighted by atomic mass is 10.1. The number of aromatic nitrogens is 3. The Morgan fingerprint density at radius 1 is 0.971 bits per heavy atom. The summed E-state index contributed by atoms with van der Waals surface area (Å²) in [5.74, 6) is -0.00144. The van der Waals surface area contributed by atoms with Gasteiger partial charge >= 0.3 is 0 Å². The van der Waals surface area contributed by atoms with E-state index in [1.165, 1.54) is 0 Å². The molecule has 7 nitrogen and oxygen atoms in total. The Morgan fingerprint density at radius 3 is 2.38 bits per heavy atom. The number of aryl methyl sites for hydroxylation is 2. The Hall–Kier alpha value is -4.00. The minimum Gasteiger partial charge on any atom is -0.346 e. The number of amides is 2. The van der Waals surface area contributed by atoms with Gasteiger partial charge in [0.25, 0.3) is 11.8 Å². The van der Waals surface area contributed by atoms with Crippen molar-refractivity contribution in [3.05, 3.63) is 88.9 Å². The second-order valence-electron chi connectivity index (χ2n) is 9.42. The molecule has 3 aromatic heterocycles. The predicted octanol–water partition coefficient (Wildman–Crippen LogP) is 4.99. The lowest BCUT2D eigenvalue weighted by Gasteiger charge is -2.22. The molecule has 0 saturated heterocycles. The lowest BCUT2D eigenvalue weighted by molar-refractivity contribution is 0.0950. The van der Waals surface area contributed by atoms with Crippen molar-refractivity contribution in [1.82, 2.24) is 19.9 Å². The van der Waals surface area contributed by atoms with Gasteiger partial charge in [-0.3, -0.25) is 14.6 Å². The van der Waals surface area contributed by atoms with Crippen LogP contribution in [0.1, 0.15) is 58.3 Å². The van der Waals surface area contributed by atoms with Crippen molar-refractivity contribution in [1.29, 1.82) is 0 Å². The van der Waals surface area contributed by atoms with Crippen LogP contribution in [0.2, 0.25) is 0 Å². The van der Waals surface area contributed by atoms with Crippen LogP contribution in [0, 0.1) is 13.8 Å². The van der Waals surface area contributed by atoms with Gasteiger partial charge in [0.05, 0.1) is 17.8 Å². The summed E-state index contributed by atoms with van der Waals surface area (Å²) in [5.41, 5.74) is 4.34. The number of hydrogen-bond donors (Lipinski definition) is 2. The summed E-state index contributed by atoms with van der Waals surface area (Å²) in [6.07, 6.45) is 3.54. The molecule has 0 saturated carbocycles. The first kappa shape index (κ1) is 23.2. The molecule has 2 amide bonds. The van der Waals surface area contributed by atoms with E-state index in [1.54, 1.807) is 24.4 Å². The molecule has 2 N–H and O–H groups in total. The number of benzene rings is 1. The molecule has 174 valence electrons. The number of fused-ring (bicyclic) bond motifs is 1. The molecule has 0 aliphatic rings. The molecule has 0 unspecified atom stereocenters. The van der Waals surface area contributed by atoms with E-state index in [2.05, 4.69) is 15.6 Å². The maximum atomic E-state index is 13.1. The van der Waals surface area contributed by atoms with Gasteiger partial charge < -0.3 is 15.2 Å². The molecular formula is C27H29N5O2. The minimum absolute atomic E-state index is 0.198. The average Bonchev–Trinajstić information content (AvgIpc) is 3.18. The molecule has 4 rings (SSSR count). The van der Waals surface area contributed by atoms with Gasteiger partial charge in [-0.2, -0.15) is 0 Å². The van der Waals surface area contributed by atoms with Crippen molar-refractivity contribution in [2.45, 2.75) is 46.7 Å². The quantitative estimate of drug-likeness (QED) is 0.444. The van der Waals surface area contributed by atoms with Gasteiger partial charge in [-0.1, -0.05) is 23.8 Å². The number of hydrogen-bond acceptors (Lipinski definition) is 4. The van der Waals surface area contributed by atoms with Crippen LogP contribution in [0.25, 0.3) is 11.0 Å². The first-order chi connectivity index (χ1) is 16.1. The zero-order chi connectivity index (χ0) is 24.5. The molecule has 0 bridgehead atoms. The monoisotopic (exact) mass is 455 g/mol. The fraction of sp³-hybridized carbons (Fsp3) is 0.259. The number of nitrogens with zero attached hydrogens (tertiary/aromatic N) is 3. The topological polar surface area (TPSA) is 88.9 Å². The first-order valence-electron chi connectivity index (χ1n) is 11.2. The van der Waals surface area contributed by atoms with E-state index in [-0.39, 0.29) is 17.4 Å². The number of rotatable bonds is 5. The highest BCUT2D eigenvalue weighted by Crippen LogP contribution is 2.28. The zero-order valence-corrected chi connectivity index (χ0v) is 20.1. The van der Waals surface area contributed by atoms with E-state index in [0.717, 1.165) is 22.2 Å². The van der Waals surface area contributed by atoms with Gasteiger partial charge in [-0.05, 0) is 70.5 Å². The third-order valence-corrected chi connectivity index (χ3v) is 5.71. The van der Waals surface area contributed by atoms with Crippen LogP contribution in [-0.4, -0.2) is 26.3 Å². The third-order valence-electron chi connectivity index (χ3n) is 5.71. The summed E-state index contributed by atoms with van der Waals surface area (Å²) in [6, 6.07) is 14.8. The van der Waals surface area contributed by atoms with Crippen LogP contribution in [0.4, 0.5) is 5.82 Å². The molecule has 0 fully saturated rings. The molecule has 7 heteroatoms. The number of nitrogens with one attached hydrogen (secondary N) is 2. The summed E-state index contributed by atoms with van der Waals surface area (Å²) < 4.78 is 1.96. The van der Waals surface area contributed by atoms with Crippen molar-refractivity contribution in [2.75, 3.05) is 5.32 Å². The molecule has 3 heterocycles. The summed E-state index contributed by atoms with van der Waals surface area (Å²) >= 11 is 0. The first-order valence-corrected chi connectivity index (χ1v) is 11.2. The Morgan fingerprint density at radius 2 is 1.71 bits per heavy atom. The standard InChI is InChI=1S/C27H29N5O2/c1-17-8-10-19(11-9-17)25(33)31-23-13-12-20-21(16-32(24(20)30-23)27(3,4)5)26(34)29-15-22-18(2)7-6-14-28-22/h6-14,16H,15H2,1-5H3,(H,29,34)(H,30,31,33). The Bertz CT molecular complexity index is 1360.